The van der Waals surface area contributed by atoms with Crippen LogP contribution in [0.5, 0.6) is 0 Å². The average Bonchev–Trinajstić information content (AvgIpc) is 2.79. The zero-order chi connectivity index (χ0) is 15.9. The summed E-state index contributed by atoms with van der Waals surface area (Å²) in [5.74, 6) is -1.38. The minimum Gasteiger partial charge on any atom is -0.379 e. The molecule has 3 heterocycles. The number of hydrogen-bond donors (Lipinski definition) is 0. The summed E-state index contributed by atoms with van der Waals surface area (Å²) in [5.41, 5.74) is 1.71. The van der Waals surface area contributed by atoms with E-state index in [-0.39, 0.29) is 12.0 Å². The fourth-order valence-electron chi connectivity index (χ4n) is 3.47. The third-order valence-electron chi connectivity index (χ3n) is 4.72. The fraction of sp³-hybridized carbons (Fsp3) is 0.588. The summed E-state index contributed by atoms with van der Waals surface area (Å²) >= 11 is 0. The monoisotopic (exact) mass is 318 g/mol. The van der Waals surface area contributed by atoms with E-state index >= 15 is 0 Å². The van der Waals surface area contributed by atoms with Gasteiger partial charge in [0.1, 0.15) is 0 Å². The van der Waals surface area contributed by atoms with Crippen LogP contribution in [-0.2, 0) is 24.8 Å². The van der Waals surface area contributed by atoms with Gasteiger partial charge in [0.25, 0.3) is 11.7 Å². The Kier molecular flexibility index (Phi) is 3.85. The quantitative estimate of drug-likeness (QED) is 0.823. The molecule has 0 saturated carbocycles. The van der Waals surface area contributed by atoms with E-state index in [1.165, 1.54) is 0 Å². The van der Waals surface area contributed by atoms with Crippen LogP contribution in [0.15, 0.2) is 24.3 Å². The number of hydrogen-bond acceptors (Lipinski definition) is 5. The molecule has 6 heteroatoms. The van der Waals surface area contributed by atoms with Crippen LogP contribution in [0.3, 0.4) is 0 Å². The summed E-state index contributed by atoms with van der Waals surface area (Å²) < 4.78 is 17.3. The summed E-state index contributed by atoms with van der Waals surface area (Å²) in [6.07, 6.45) is 0.810. The summed E-state index contributed by atoms with van der Waals surface area (Å²) in [6, 6.07) is 7.78. The molecule has 1 aromatic rings. The lowest BCUT2D eigenvalue weighted by Crippen LogP contribution is -2.52. The van der Waals surface area contributed by atoms with Gasteiger partial charge < -0.3 is 14.2 Å². The Balaban J connectivity index is 1.67. The van der Waals surface area contributed by atoms with E-state index in [9.17, 15) is 4.79 Å². The van der Waals surface area contributed by atoms with Crippen LogP contribution < -0.4 is 4.90 Å². The number of benzene rings is 1. The van der Waals surface area contributed by atoms with Crippen molar-refractivity contribution in [3.05, 3.63) is 29.8 Å². The summed E-state index contributed by atoms with van der Waals surface area (Å²) in [4.78, 5) is 17.2. The van der Waals surface area contributed by atoms with Crippen molar-refractivity contribution in [3.63, 3.8) is 0 Å². The maximum absolute atomic E-state index is 13.2. The second kappa shape index (κ2) is 5.87. The molecule has 0 bridgehead atoms. The number of carbonyl (C=O) groups excluding carboxylic acids is 1. The molecule has 2 fully saturated rings. The van der Waals surface area contributed by atoms with Crippen molar-refractivity contribution in [2.75, 3.05) is 44.5 Å². The van der Waals surface area contributed by atoms with Gasteiger partial charge >= 0.3 is 0 Å². The molecule has 1 aromatic carbocycles. The topological polar surface area (TPSA) is 51.2 Å². The van der Waals surface area contributed by atoms with Gasteiger partial charge in [0, 0.05) is 18.7 Å². The van der Waals surface area contributed by atoms with Gasteiger partial charge in [-0.15, -0.1) is 0 Å². The molecule has 0 unspecified atom stereocenters. The standard InChI is InChI=1S/C17H22N2O4/c1-13-6-9-22-17(23-13)14-4-2-3-5-15(14)19(16(17)20)12-18-7-10-21-11-8-18/h2-5,13H,6-12H2,1H3/t13-,17-/m0/s1. The maximum atomic E-state index is 13.2. The molecule has 4 rings (SSSR count). The Bertz CT molecular complexity index is 602. The van der Waals surface area contributed by atoms with Crippen molar-refractivity contribution in [1.29, 1.82) is 0 Å². The first-order valence-corrected chi connectivity index (χ1v) is 8.24. The number of para-hydroxylation sites is 1. The minimum absolute atomic E-state index is 0.00379. The first-order valence-electron chi connectivity index (χ1n) is 8.24. The van der Waals surface area contributed by atoms with Crippen molar-refractivity contribution in [3.8, 4) is 0 Å². The van der Waals surface area contributed by atoms with Gasteiger partial charge in [-0.1, -0.05) is 18.2 Å². The normalized spacial score (nSPS) is 31.6. The Hall–Kier alpha value is -1.47. The largest absolute Gasteiger partial charge is 0.379 e. The lowest BCUT2D eigenvalue weighted by atomic mass is 10.1. The van der Waals surface area contributed by atoms with E-state index in [2.05, 4.69) is 4.90 Å². The molecule has 23 heavy (non-hydrogen) atoms. The Morgan fingerprint density at radius 1 is 1.22 bits per heavy atom. The van der Waals surface area contributed by atoms with Crippen LogP contribution in [0.1, 0.15) is 18.9 Å². The van der Waals surface area contributed by atoms with Crippen LogP contribution in [0.25, 0.3) is 0 Å². The van der Waals surface area contributed by atoms with Crippen molar-refractivity contribution in [1.82, 2.24) is 4.90 Å². The molecule has 3 aliphatic rings. The van der Waals surface area contributed by atoms with E-state index in [4.69, 9.17) is 14.2 Å². The van der Waals surface area contributed by atoms with E-state index < -0.39 is 5.79 Å². The first-order chi connectivity index (χ1) is 11.2. The van der Waals surface area contributed by atoms with Crippen molar-refractivity contribution in [2.24, 2.45) is 0 Å². The second-order valence-electron chi connectivity index (χ2n) is 6.30. The molecule has 0 radical (unpaired) electrons. The molecule has 0 aliphatic carbocycles. The number of rotatable bonds is 2. The van der Waals surface area contributed by atoms with E-state index in [0.717, 1.165) is 30.8 Å². The summed E-state index contributed by atoms with van der Waals surface area (Å²) in [6.45, 7) is 6.14. The molecule has 0 aromatic heterocycles. The Morgan fingerprint density at radius 3 is 2.78 bits per heavy atom. The third-order valence-corrected chi connectivity index (χ3v) is 4.72. The van der Waals surface area contributed by atoms with E-state index in [1.807, 2.05) is 31.2 Å². The van der Waals surface area contributed by atoms with Gasteiger partial charge in [-0.2, -0.15) is 0 Å². The molecule has 0 N–H and O–H groups in total. The van der Waals surface area contributed by atoms with Gasteiger partial charge in [-0.3, -0.25) is 14.6 Å². The molecule has 3 aliphatic heterocycles. The van der Waals surface area contributed by atoms with Crippen LogP contribution in [0.2, 0.25) is 0 Å². The van der Waals surface area contributed by atoms with E-state index in [1.54, 1.807) is 4.90 Å². The van der Waals surface area contributed by atoms with Gasteiger partial charge in [0.05, 0.1) is 38.3 Å². The SMILES string of the molecule is C[C@H]1CCO[C@@]2(O1)C(=O)N(CN1CCOCC1)c1ccccc12. The lowest BCUT2D eigenvalue weighted by Gasteiger charge is -2.37. The Labute approximate surface area is 135 Å². The molecule has 6 nitrogen and oxygen atoms in total. The molecule has 124 valence electrons. The highest BCUT2D eigenvalue weighted by molar-refractivity contribution is 6.06. The number of ether oxygens (including phenoxy) is 3. The molecule has 2 saturated heterocycles. The number of morpholine rings is 1. The minimum atomic E-state index is -1.26. The predicted molar refractivity (Wildman–Crippen MR) is 84.0 cm³/mol. The number of nitrogens with zero attached hydrogens (tertiary/aromatic N) is 2. The van der Waals surface area contributed by atoms with Gasteiger partial charge in [-0.05, 0) is 19.4 Å². The van der Waals surface area contributed by atoms with Crippen LogP contribution in [0, 0.1) is 0 Å². The van der Waals surface area contributed by atoms with Crippen LogP contribution in [-0.4, -0.2) is 56.5 Å². The van der Waals surface area contributed by atoms with Crippen LogP contribution >= 0.6 is 0 Å². The second-order valence-corrected chi connectivity index (χ2v) is 6.30. The number of amides is 1. The van der Waals surface area contributed by atoms with Crippen molar-refractivity contribution in [2.45, 2.75) is 25.2 Å². The van der Waals surface area contributed by atoms with Crippen molar-refractivity contribution >= 4 is 11.6 Å². The third kappa shape index (κ3) is 2.46. The van der Waals surface area contributed by atoms with Gasteiger partial charge in [0.2, 0.25) is 0 Å². The fourth-order valence-corrected chi connectivity index (χ4v) is 3.47. The highest BCUT2D eigenvalue weighted by Gasteiger charge is 2.56. The molecule has 1 amide bonds. The number of anilines is 1. The van der Waals surface area contributed by atoms with E-state index in [0.29, 0.717) is 26.5 Å². The van der Waals surface area contributed by atoms with Crippen LogP contribution in [0.4, 0.5) is 5.69 Å². The molecule has 1 spiro atoms. The maximum Gasteiger partial charge on any atom is 0.293 e. The number of fused-ring (bicyclic) bond motifs is 2. The Morgan fingerprint density at radius 2 is 2.00 bits per heavy atom. The zero-order valence-electron chi connectivity index (χ0n) is 13.4. The predicted octanol–water partition coefficient (Wildman–Crippen LogP) is 1.30. The molecular weight excluding hydrogens is 296 g/mol. The first kappa shape index (κ1) is 15.1. The average molecular weight is 318 g/mol. The lowest BCUT2D eigenvalue weighted by molar-refractivity contribution is -0.277. The molecular formula is C17H22N2O4. The highest BCUT2D eigenvalue weighted by atomic mass is 16.7. The van der Waals surface area contributed by atoms with Gasteiger partial charge in [0.15, 0.2) is 0 Å². The summed E-state index contributed by atoms with van der Waals surface area (Å²) in [5, 5.41) is 0. The molecule has 2 atom stereocenters. The summed E-state index contributed by atoms with van der Waals surface area (Å²) in [7, 11) is 0. The van der Waals surface area contributed by atoms with Gasteiger partial charge in [-0.25, -0.2) is 0 Å². The number of carbonyl (C=O) groups is 1. The van der Waals surface area contributed by atoms with Crippen molar-refractivity contribution < 1.29 is 19.0 Å². The smallest absolute Gasteiger partial charge is 0.293 e. The zero-order valence-corrected chi connectivity index (χ0v) is 13.4. The highest BCUT2D eigenvalue weighted by Crippen LogP contribution is 2.46.